The van der Waals surface area contributed by atoms with Gasteiger partial charge in [-0.05, 0) is 35.7 Å². The van der Waals surface area contributed by atoms with Crippen LogP contribution in [0.1, 0.15) is 11.1 Å². The number of rotatable bonds is 4. The fraction of sp³-hybridized carbons (Fsp3) is 0.250. The molecule has 110 valence electrons. The van der Waals surface area contributed by atoms with Gasteiger partial charge in [0.15, 0.2) is 17.5 Å². The molecule has 2 nitrogen and oxygen atoms in total. The van der Waals surface area contributed by atoms with Crippen LogP contribution in [0.3, 0.4) is 0 Å². The molecule has 0 saturated carbocycles. The minimum absolute atomic E-state index is 0.0293. The first-order valence-corrected chi connectivity index (χ1v) is 6.77. The largest absolute Gasteiger partial charge is 0.493 e. The van der Waals surface area contributed by atoms with E-state index in [1.165, 1.54) is 11.6 Å². The van der Waals surface area contributed by atoms with E-state index in [0.717, 1.165) is 23.8 Å². The Kier molecular flexibility index (Phi) is 3.73. The molecule has 5 heteroatoms. The van der Waals surface area contributed by atoms with Crippen molar-refractivity contribution in [3.63, 3.8) is 0 Å². The van der Waals surface area contributed by atoms with E-state index in [-0.39, 0.29) is 5.69 Å². The molecular formula is C16H14F3NO. The van der Waals surface area contributed by atoms with Crippen LogP contribution in [0.4, 0.5) is 18.9 Å². The van der Waals surface area contributed by atoms with Crippen LogP contribution < -0.4 is 10.1 Å². The van der Waals surface area contributed by atoms with E-state index >= 15 is 0 Å². The van der Waals surface area contributed by atoms with Crippen LogP contribution in [0.15, 0.2) is 30.3 Å². The van der Waals surface area contributed by atoms with Crippen LogP contribution >= 0.6 is 0 Å². The molecular weight excluding hydrogens is 279 g/mol. The fourth-order valence-electron chi connectivity index (χ4n) is 2.40. The van der Waals surface area contributed by atoms with Crippen molar-refractivity contribution in [3.05, 3.63) is 58.9 Å². The lowest BCUT2D eigenvalue weighted by Gasteiger charge is -2.09. The lowest BCUT2D eigenvalue weighted by molar-refractivity contribution is 0.357. The summed E-state index contributed by atoms with van der Waals surface area (Å²) in [5.74, 6) is -2.90. The van der Waals surface area contributed by atoms with Gasteiger partial charge < -0.3 is 10.1 Å². The Hall–Kier alpha value is -2.17. The van der Waals surface area contributed by atoms with E-state index in [2.05, 4.69) is 11.4 Å². The number of ether oxygens (including phenoxy) is 1. The van der Waals surface area contributed by atoms with Crippen LogP contribution in [0.25, 0.3) is 0 Å². The van der Waals surface area contributed by atoms with Crippen LogP contribution in [0, 0.1) is 17.5 Å². The summed E-state index contributed by atoms with van der Waals surface area (Å²) in [6.07, 6.45) is 1.56. The quantitative estimate of drug-likeness (QED) is 0.868. The minimum atomic E-state index is -1.45. The standard InChI is InChI=1S/C16H14F3NO/c17-12-2-3-13(16(19)15(12)18)20-7-5-10-1-4-14-11(9-10)6-8-21-14/h1-4,9,20H,5-8H2. The van der Waals surface area contributed by atoms with Gasteiger partial charge in [0, 0.05) is 13.0 Å². The first-order valence-electron chi connectivity index (χ1n) is 6.77. The molecule has 0 amide bonds. The highest BCUT2D eigenvalue weighted by Gasteiger charge is 2.14. The maximum atomic E-state index is 13.5. The zero-order chi connectivity index (χ0) is 14.8. The molecule has 0 atom stereocenters. The molecule has 2 aromatic carbocycles. The molecule has 0 aliphatic carbocycles. The van der Waals surface area contributed by atoms with E-state index in [1.54, 1.807) is 0 Å². The van der Waals surface area contributed by atoms with Gasteiger partial charge in [0.1, 0.15) is 5.75 Å². The number of nitrogens with one attached hydrogen (secondary N) is 1. The minimum Gasteiger partial charge on any atom is -0.493 e. The summed E-state index contributed by atoms with van der Waals surface area (Å²) in [7, 11) is 0. The molecule has 1 heterocycles. The van der Waals surface area contributed by atoms with Gasteiger partial charge in [0.2, 0.25) is 0 Å². The lowest BCUT2D eigenvalue weighted by atomic mass is 10.1. The van der Waals surface area contributed by atoms with E-state index in [9.17, 15) is 13.2 Å². The highest BCUT2D eigenvalue weighted by molar-refractivity contribution is 5.46. The number of halogens is 3. The molecule has 1 aliphatic heterocycles. The third-order valence-corrected chi connectivity index (χ3v) is 3.52. The summed E-state index contributed by atoms with van der Waals surface area (Å²) < 4.78 is 44.8. The second-order valence-electron chi connectivity index (χ2n) is 4.94. The van der Waals surface area contributed by atoms with Crippen molar-refractivity contribution in [1.82, 2.24) is 0 Å². The molecule has 1 aliphatic rings. The van der Waals surface area contributed by atoms with Gasteiger partial charge >= 0.3 is 0 Å². The third-order valence-electron chi connectivity index (χ3n) is 3.52. The topological polar surface area (TPSA) is 21.3 Å². The Morgan fingerprint density at radius 2 is 1.90 bits per heavy atom. The predicted molar refractivity (Wildman–Crippen MR) is 74.2 cm³/mol. The highest BCUT2D eigenvalue weighted by atomic mass is 19.2. The molecule has 0 fully saturated rings. The summed E-state index contributed by atoms with van der Waals surface area (Å²) in [5.41, 5.74) is 2.24. The first kappa shape index (κ1) is 13.8. The Balaban J connectivity index is 1.63. The Labute approximate surface area is 120 Å². The smallest absolute Gasteiger partial charge is 0.196 e. The highest BCUT2D eigenvalue weighted by Crippen LogP contribution is 2.26. The van der Waals surface area contributed by atoms with E-state index < -0.39 is 17.5 Å². The van der Waals surface area contributed by atoms with Crippen molar-refractivity contribution in [3.8, 4) is 5.75 Å². The number of anilines is 1. The summed E-state index contributed by atoms with van der Waals surface area (Å²) in [4.78, 5) is 0. The Morgan fingerprint density at radius 3 is 2.76 bits per heavy atom. The molecule has 0 bridgehead atoms. The molecule has 21 heavy (non-hydrogen) atoms. The SMILES string of the molecule is Fc1ccc(NCCc2ccc3c(c2)CCO3)c(F)c1F. The van der Waals surface area contributed by atoms with Crippen molar-refractivity contribution in [2.75, 3.05) is 18.5 Å². The normalized spacial score (nSPS) is 12.9. The average molecular weight is 293 g/mol. The number of fused-ring (bicyclic) bond motifs is 1. The molecule has 1 N–H and O–H groups in total. The molecule has 0 unspecified atom stereocenters. The number of benzene rings is 2. The summed E-state index contributed by atoms with van der Waals surface area (Å²) in [6, 6.07) is 8.05. The van der Waals surface area contributed by atoms with E-state index in [0.29, 0.717) is 19.6 Å². The van der Waals surface area contributed by atoms with Gasteiger partial charge in [0.05, 0.1) is 12.3 Å². The monoisotopic (exact) mass is 293 g/mol. The average Bonchev–Trinajstić information content (AvgIpc) is 2.95. The van der Waals surface area contributed by atoms with Crippen molar-refractivity contribution < 1.29 is 17.9 Å². The lowest BCUT2D eigenvalue weighted by Crippen LogP contribution is -2.08. The van der Waals surface area contributed by atoms with E-state index in [4.69, 9.17) is 4.74 Å². The second-order valence-corrected chi connectivity index (χ2v) is 4.94. The van der Waals surface area contributed by atoms with Crippen molar-refractivity contribution in [2.24, 2.45) is 0 Å². The van der Waals surface area contributed by atoms with Crippen LogP contribution in [0.2, 0.25) is 0 Å². The van der Waals surface area contributed by atoms with Crippen molar-refractivity contribution in [1.29, 1.82) is 0 Å². The van der Waals surface area contributed by atoms with Gasteiger partial charge in [-0.25, -0.2) is 13.2 Å². The number of hydrogen-bond donors (Lipinski definition) is 1. The van der Waals surface area contributed by atoms with Crippen LogP contribution in [-0.4, -0.2) is 13.2 Å². The van der Waals surface area contributed by atoms with Gasteiger partial charge in [-0.15, -0.1) is 0 Å². The third kappa shape index (κ3) is 2.82. The van der Waals surface area contributed by atoms with Gasteiger partial charge in [-0.3, -0.25) is 0 Å². The second kappa shape index (κ2) is 5.68. The predicted octanol–water partition coefficient (Wildman–Crippen LogP) is 3.69. The molecule has 3 rings (SSSR count). The molecule has 0 aromatic heterocycles. The van der Waals surface area contributed by atoms with Crippen LogP contribution in [-0.2, 0) is 12.8 Å². The zero-order valence-electron chi connectivity index (χ0n) is 11.3. The van der Waals surface area contributed by atoms with Gasteiger partial charge in [-0.2, -0.15) is 0 Å². The molecule has 0 saturated heterocycles. The van der Waals surface area contributed by atoms with Crippen molar-refractivity contribution in [2.45, 2.75) is 12.8 Å². The fourth-order valence-corrected chi connectivity index (χ4v) is 2.40. The summed E-state index contributed by atoms with van der Waals surface area (Å²) >= 11 is 0. The molecule has 2 aromatic rings. The molecule has 0 spiro atoms. The Morgan fingerprint density at radius 1 is 1.05 bits per heavy atom. The Bertz CT molecular complexity index is 673. The van der Waals surface area contributed by atoms with Gasteiger partial charge in [0.25, 0.3) is 0 Å². The number of hydrogen-bond acceptors (Lipinski definition) is 2. The van der Waals surface area contributed by atoms with Crippen LogP contribution in [0.5, 0.6) is 5.75 Å². The summed E-state index contributed by atoms with van der Waals surface area (Å²) in [6.45, 7) is 1.14. The van der Waals surface area contributed by atoms with E-state index in [1.807, 2.05) is 12.1 Å². The maximum Gasteiger partial charge on any atom is 0.196 e. The van der Waals surface area contributed by atoms with Crippen molar-refractivity contribution >= 4 is 5.69 Å². The summed E-state index contributed by atoms with van der Waals surface area (Å²) in [5, 5.41) is 2.78. The van der Waals surface area contributed by atoms with Gasteiger partial charge in [-0.1, -0.05) is 12.1 Å². The first-order chi connectivity index (χ1) is 10.1. The maximum absolute atomic E-state index is 13.5. The zero-order valence-corrected chi connectivity index (χ0v) is 11.3. The molecule has 0 radical (unpaired) electrons.